The number of fused-ring (bicyclic) bond motifs is 1. The largest absolute Gasteiger partial charge is 0.497 e. The Morgan fingerprint density at radius 2 is 2.44 bits per heavy atom. The molecule has 2 aromatic rings. The van der Waals surface area contributed by atoms with Gasteiger partial charge in [-0.2, -0.15) is 0 Å². The highest BCUT2D eigenvalue weighted by molar-refractivity contribution is 5.76. The normalized spacial score (nSPS) is 19.5. The zero-order valence-electron chi connectivity index (χ0n) is 10.3. The first-order chi connectivity index (χ1) is 8.78. The van der Waals surface area contributed by atoms with Crippen molar-refractivity contribution >= 4 is 11.0 Å². The zero-order chi connectivity index (χ0) is 12.5. The maximum Gasteiger partial charge on any atom is 0.326 e. The SMILES string of the molecule is COc1ccc2[nH]c(=O)n(CC3CCOC3)c2c1. The molecule has 1 aromatic carbocycles. The summed E-state index contributed by atoms with van der Waals surface area (Å²) < 4.78 is 12.3. The highest BCUT2D eigenvalue weighted by atomic mass is 16.5. The minimum absolute atomic E-state index is 0.0647. The molecule has 1 fully saturated rings. The zero-order valence-corrected chi connectivity index (χ0v) is 10.3. The summed E-state index contributed by atoms with van der Waals surface area (Å²) >= 11 is 0. The van der Waals surface area contributed by atoms with E-state index in [1.165, 1.54) is 0 Å². The number of methoxy groups -OCH3 is 1. The van der Waals surface area contributed by atoms with Crippen LogP contribution in [0.1, 0.15) is 6.42 Å². The lowest BCUT2D eigenvalue weighted by molar-refractivity contribution is 0.182. The molecule has 3 rings (SSSR count). The standard InChI is InChI=1S/C13H16N2O3/c1-17-10-2-3-11-12(6-10)15(13(16)14-11)7-9-4-5-18-8-9/h2-3,6,9H,4-5,7-8H2,1H3,(H,14,16). The Morgan fingerprint density at radius 1 is 1.56 bits per heavy atom. The second-order valence-corrected chi connectivity index (χ2v) is 4.65. The molecule has 96 valence electrons. The average Bonchev–Trinajstić information content (AvgIpc) is 2.99. The van der Waals surface area contributed by atoms with E-state index in [1.807, 2.05) is 18.2 Å². The van der Waals surface area contributed by atoms with Crippen LogP contribution in [0.2, 0.25) is 0 Å². The molecule has 5 nitrogen and oxygen atoms in total. The van der Waals surface area contributed by atoms with Crippen LogP contribution in [-0.2, 0) is 11.3 Å². The van der Waals surface area contributed by atoms with E-state index < -0.39 is 0 Å². The number of rotatable bonds is 3. The molecule has 1 saturated heterocycles. The molecule has 2 heterocycles. The van der Waals surface area contributed by atoms with Crippen LogP contribution < -0.4 is 10.4 Å². The van der Waals surface area contributed by atoms with Crippen LogP contribution in [0, 0.1) is 5.92 Å². The number of hydrogen-bond acceptors (Lipinski definition) is 3. The van der Waals surface area contributed by atoms with Gasteiger partial charge in [-0.05, 0) is 18.6 Å². The number of ether oxygens (including phenoxy) is 2. The van der Waals surface area contributed by atoms with Crippen molar-refractivity contribution in [2.24, 2.45) is 5.92 Å². The van der Waals surface area contributed by atoms with E-state index in [9.17, 15) is 4.79 Å². The van der Waals surface area contributed by atoms with Gasteiger partial charge in [-0.1, -0.05) is 0 Å². The molecular weight excluding hydrogens is 232 g/mol. The molecule has 0 amide bonds. The highest BCUT2D eigenvalue weighted by Crippen LogP contribution is 2.21. The fourth-order valence-corrected chi connectivity index (χ4v) is 2.43. The number of aromatic nitrogens is 2. The number of hydrogen-bond donors (Lipinski definition) is 1. The van der Waals surface area contributed by atoms with E-state index in [-0.39, 0.29) is 5.69 Å². The summed E-state index contributed by atoms with van der Waals surface area (Å²) in [4.78, 5) is 14.8. The second-order valence-electron chi connectivity index (χ2n) is 4.65. The Labute approximate surface area is 104 Å². The molecule has 0 saturated carbocycles. The third-order valence-corrected chi connectivity index (χ3v) is 3.45. The van der Waals surface area contributed by atoms with Crippen LogP contribution >= 0.6 is 0 Å². The Balaban J connectivity index is 2.02. The van der Waals surface area contributed by atoms with Crippen LogP contribution in [-0.4, -0.2) is 29.9 Å². The molecule has 0 radical (unpaired) electrons. The molecule has 1 unspecified atom stereocenters. The minimum atomic E-state index is -0.0647. The van der Waals surface area contributed by atoms with E-state index in [2.05, 4.69) is 4.98 Å². The first kappa shape index (κ1) is 11.3. The molecule has 18 heavy (non-hydrogen) atoms. The maximum absolute atomic E-state index is 12.0. The topological polar surface area (TPSA) is 56.2 Å². The van der Waals surface area contributed by atoms with Gasteiger partial charge in [0.05, 0.1) is 24.8 Å². The van der Waals surface area contributed by atoms with Crippen molar-refractivity contribution in [2.75, 3.05) is 20.3 Å². The van der Waals surface area contributed by atoms with Crippen LogP contribution in [0.15, 0.2) is 23.0 Å². The van der Waals surface area contributed by atoms with Crippen molar-refractivity contribution in [3.63, 3.8) is 0 Å². The first-order valence-corrected chi connectivity index (χ1v) is 6.12. The van der Waals surface area contributed by atoms with Crippen molar-refractivity contribution in [3.8, 4) is 5.75 Å². The average molecular weight is 248 g/mol. The third kappa shape index (κ3) is 1.90. The van der Waals surface area contributed by atoms with Gasteiger partial charge in [-0.15, -0.1) is 0 Å². The molecule has 1 atom stereocenters. The molecular formula is C13H16N2O3. The number of imidazole rings is 1. The minimum Gasteiger partial charge on any atom is -0.497 e. The van der Waals surface area contributed by atoms with Crippen molar-refractivity contribution in [2.45, 2.75) is 13.0 Å². The molecule has 1 aliphatic heterocycles. The summed E-state index contributed by atoms with van der Waals surface area (Å²) in [6.07, 6.45) is 1.02. The summed E-state index contributed by atoms with van der Waals surface area (Å²) in [6.45, 7) is 2.24. The lowest BCUT2D eigenvalue weighted by Gasteiger charge is -2.09. The number of nitrogens with zero attached hydrogens (tertiary/aromatic N) is 1. The molecule has 0 aliphatic carbocycles. The Bertz CT molecular complexity index is 608. The van der Waals surface area contributed by atoms with E-state index >= 15 is 0 Å². The van der Waals surface area contributed by atoms with Gasteiger partial charge in [0.2, 0.25) is 0 Å². The summed E-state index contributed by atoms with van der Waals surface area (Å²) in [5, 5.41) is 0. The summed E-state index contributed by atoms with van der Waals surface area (Å²) in [7, 11) is 1.63. The number of aromatic amines is 1. The Hall–Kier alpha value is -1.75. The van der Waals surface area contributed by atoms with Crippen molar-refractivity contribution in [1.82, 2.24) is 9.55 Å². The van der Waals surface area contributed by atoms with E-state index in [4.69, 9.17) is 9.47 Å². The lowest BCUT2D eigenvalue weighted by atomic mass is 10.1. The fourth-order valence-electron chi connectivity index (χ4n) is 2.43. The van der Waals surface area contributed by atoms with Crippen LogP contribution in [0.3, 0.4) is 0 Å². The van der Waals surface area contributed by atoms with Gasteiger partial charge in [-0.3, -0.25) is 4.57 Å². The maximum atomic E-state index is 12.0. The van der Waals surface area contributed by atoms with Gasteiger partial charge in [0.15, 0.2) is 0 Å². The fraction of sp³-hybridized carbons (Fsp3) is 0.462. The van der Waals surface area contributed by atoms with Crippen molar-refractivity contribution < 1.29 is 9.47 Å². The summed E-state index contributed by atoms with van der Waals surface area (Å²) in [5.41, 5.74) is 1.68. The molecule has 5 heteroatoms. The Kier molecular flexibility index (Phi) is 2.83. The monoisotopic (exact) mass is 248 g/mol. The van der Waals surface area contributed by atoms with Crippen LogP contribution in [0.5, 0.6) is 5.75 Å². The van der Waals surface area contributed by atoms with E-state index in [0.717, 1.165) is 36.4 Å². The molecule has 0 bridgehead atoms. The summed E-state index contributed by atoms with van der Waals surface area (Å²) in [5.74, 6) is 1.19. The van der Waals surface area contributed by atoms with Gasteiger partial charge in [0.25, 0.3) is 0 Å². The van der Waals surface area contributed by atoms with Crippen molar-refractivity contribution in [1.29, 1.82) is 0 Å². The van der Waals surface area contributed by atoms with Gasteiger partial charge >= 0.3 is 5.69 Å². The van der Waals surface area contributed by atoms with E-state index in [1.54, 1.807) is 11.7 Å². The quantitative estimate of drug-likeness (QED) is 0.892. The van der Waals surface area contributed by atoms with Gasteiger partial charge < -0.3 is 14.5 Å². The van der Waals surface area contributed by atoms with Gasteiger partial charge in [0.1, 0.15) is 5.75 Å². The Morgan fingerprint density at radius 3 is 3.17 bits per heavy atom. The molecule has 1 aliphatic rings. The van der Waals surface area contributed by atoms with Gasteiger partial charge in [0, 0.05) is 25.1 Å². The number of nitrogens with one attached hydrogen (secondary N) is 1. The smallest absolute Gasteiger partial charge is 0.326 e. The van der Waals surface area contributed by atoms with Crippen molar-refractivity contribution in [3.05, 3.63) is 28.7 Å². The molecule has 0 spiro atoms. The highest BCUT2D eigenvalue weighted by Gasteiger charge is 2.18. The van der Waals surface area contributed by atoms with Crippen LogP contribution in [0.25, 0.3) is 11.0 Å². The lowest BCUT2D eigenvalue weighted by Crippen LogP contribution is -2.21. The van der Waals surface area contributed by atoms with E-state index in [0.29, 0.717) is 12.5 Å². The third-order valence-electron chi connectivity index (χ3n) is 3.45. The predicted octanol–water partition coefficient (Wildman–Crippen LogP) is 1.37. The predicted molar refractivity (Wildman–Crippen MR) is 68.0 cm³/mol. The molecule has 1 N–H and O–H groups in total. The number of H-pyrrole nitrogens is 1. The second kappa shape index (κ2) is 4.49. The molecule has 1 aromatic heterocycles. The number of benzene rings is 1. The first-order valence-electron chi connectivity index (χ1n) is 6.12. The summed E-state index contributed by atoms with van der Waals surface area (Å²) in [6, 6.07) is 5.61. The van der Waals surface area contributed by atoms with Gasteiger partial charge in [-0.25, -0.2) is 4.79 Å². The van der Waals surface area contributed by atoms with Crippen LogP contribution in [0.4, 0.5) is 0 Å².